The molecular weight excluding hydrogens is 116 g/mol. The quantitative estimate of drug-likeness (QED) is 0.504. The number of nitrogens with one attached hydrogen (secondary N) is 1. The van der Waals surface area contributed by atoms with Crippen LogP contribution in [0.5, 0.6) is 0 Å². The lowest BCUT2D eigenvalue weighted by Gasteiger charge is -2.44. The third-order valence-corrected chi connectivity index (χ3v) is 2.05. The van der Waals surface area contributed by atoms with Gasteiger partial charge < -0.3 is 10.2 Å². The summed E-state index contributed by atoms with van der Waals surface area (Å²) in [4.78, 5) is 12.6. The molecule has 1 atom stereocenters. The fourth-order valence-corrected chi connectivity index (χ4v) is 1.48. The van der Waals surface area contributed by atoms with Crippen LogP contribution < -0.4 is 5.32 Å². The van der Waals surface area contributed by atoms with Crippen molar-refractivity contribution in [3.8, 4) is 0 Å². The van der Waals surface area contributed by atoms with Gasteiger partial charge in [0, 0.05) is 6.54 Å². The van der Waals surface area contributed by atoms with Gasteiger partial charge >= 0.3 is 6.03 Å². The molecule has 2 amide bonds. The number of amides is 2. The molecule has 2 rings (SSSR count). The molecule has 2 aliphatic heterocycles. The van der Waals surface area contributed by atoms with E-state index in [0.717, 1.165) is 13.0 Å². The summed E-state index contributed by atoms with van der Waals surface area (Å²) in [5.41, 5.74) is 0. The maximum atomic E-state index is 10.7. The molecule has 0 radical (unpaired) electrons. The lowest BCUT2D eigenvalue weighted by atomic mass is 10.1. The van der Waals surface area contributed by atoms with E-state index < -0.39 is 0 Å². The normalized spacial score (nSPS) is 32.7. The standard InChI is InChI=1S/C6H10N2O/c9-6-7-5-3-1-2-4-8(5)6/h5H,1-4H2,(H,7,9)/t5-/m0/s1. The number of hydrogen-bond donors (Lipinski definition) is 1. The van der Waals surface area contributed by atoms with Crippen LogP contribution in [-0.2, 0) is 0 Å². The zero-order chi connectivity index (χ0) is 6.27. The van der Waals surface area contributed by atoms with Crippen molar-refractivity contribution in [2.75, 3.05) is 6.54 Å². The summed E-state index contributed by atoms with van der Waals surface area (Å²) < 4.78 is 0. The van der Waals surface area contributed by atoms with Gasteiger partial charge in [-0.1, -0.05) is 0 Å². The molecule has 2 saturated heterocycles. The van der Waals surface area contributed by atoms with Crippen LogP contribution >= 0.6 is 0 Å². The fraction of sp³-hybridized carbons (Fsp3) is 0.833. The van der Waals surface area contributed by atoms with Crippen LogP contribution in [0.4, 0.5) is 4.79 Å². The van der Waals surface area contributed by atoms with Gasteiger partial charge in [0.15, 0.2) is 0 Å². The second-order valence-corrected chi connectivity index (χ2v) is 2.65. The van der Waals surface area contributed by atoms with Gasteiger partial charge in [0.05, 0.1) is 0 Å². The predicted octanol–water partition coefficient (Wildman–Crippen LogP) is 0.522. The molecule has 50 valence electrons. The van der Waals surface area contributed by atoms with E-state index in [2.05, 4.69) is 5.32 Å². The molecule has 0 unspecified atom stereocenters. The second-order valence-electron chi connectivity index (χ2n) is 2.65. The Hall–Kier alpha value is -0.730. The van der Waals surface area contributed by atoms with Crippen LogP contribution in [0.1, 0.15) is 19.3 Å². The van der Waals surface area contributed by atoms with E-state index in [1.165, 1.54) is 12.8 Å². The molecule has 2 heterocycles. The van der Waals surface area contributed by atoms with Crippen LogP contribution in [0.25, 0.3) is 0 Å². The van der Waals surface area contributed by atoms with E-state index in [1.54, 1.807) is 0 Å². The van der Waals surface area contributed by atoms with Crippen molar-refractivity contribution in [1.29, 1.82) is 0 Å². The highest BCUT2D eigenvalue weighted by atomic mass is 16.2. The molecule has 0 spiro atoms. The van der Waals surface area contributed by atoms with Crippen molar-refractivity contribution in [2.24, 2.45) is 0 Å². The number of carbonyl (C=O) groups excluding carboxylic acids is 1. The van der Waals surface area contributed by atoms with Crippen molar-refractivity contribution in [1.82, 2.24) is 10.2 Å². The fourth-order valence-electron chi connectivity index (χ4n) is 1.48. The van der Waals surface area contributed by atoms with E-state index in [0.29, 0.717) is 6.17 Å². The average molecular weight is 126 g/mol. The minimum Gasteiger partial charge on any atom is -0.317 e. The molecule has 0 aromatic carbocycles. The lowest BCUT2D eigenvalue weighted by molar-refractivity contribution is 0.0801. The third-order valence-electron chi connectivity index (χ3n) is 2.05. The van der Waals surface area contributed by atoms with Crippen molar-refractivity contribution in [3.63, 3.8) is 0 Å². The van der Waals surface area contributed by atoms with Gasteiger partial charge in [-0.2, -0.15) is 0 Å². The minimum atomic E-state index is 0.125. The summed E-state index contributed by atoms with van der Waals surface area (Å²) in [6, 6.07) is 0.125. The number of urea groups is 1. The van der Waals surface area contributed by atoms with Gasteiger partial charge in [-0.3, -0.25) is 0 Å². The van der Waals surface area contributed by atoms with Gasteiger partial charge in [0.25, 0.3) is 0 Å². The van der Waals surface area contributed by atoms with Gasteiger partial charge in [-0.15, -0.1) is 0 Å². The summed E-state index contributed by atoms with van der Waals surface area (Å²) in [5.74, 6) is 0. The van der Waals surface area contributed by atoms with Crippen molar-refractivity contribution in [3.05, 3.63) is 0 Å². The SMILES string of the molecule is O=C1N[C@@H]2CCCCN12. The van der Waals surface area contributed by atoms with E-state index in [4.69, 9.17) is 0 Å². The number of hydrogen-bond acceptors (Lipinski definition) is 1. The Bertz CT molecular complexity index is 146. The maximum absolute atomic E-state index is 10.7. The van der Waals surface area contributed by atoms with Crippen molar-refractivity contribution >= 4 is 6.03 Å². The van der Waals surface area contributed by atoms with Gasteiger partial charge in [0.1, 0.15) is 6.17 Å². The first-order valence-electron chi connectivity index (χ1n) is 3.45. The van der Waals surface area contributed by atoms with Crippen molar-refractivity contribution < 1.29 is 4.79 Å². The van der Waals surface area contributed by atoms with E-state index >= 15 is 0 Å². The molecule has 0 bridgehead atoms. The van der Waals surface area contributed by atoms with E-state index in [1.807, 2.05) is 4.90 Å². The van der Waals surface area contributed by atoms with Gasteiger partial charge in [0.2, 0.25) is 0 Å². The molecule has 0 aliphatic carbocycles. The van der Waals surface area contributed by atoms with Crippen molar-refractivity contribution in [2.45, 2.75) is 25.4 Å². The van der Waals surface area contributed by atoms with Crippen LogP contribution in [0.15, 0.2) is 0 Å². The number of nitrogens with zero attached hydrogens (tertiary/aromatic N) is 1. The molecule has 2 aliphatic rings. The molecule has 2 fully saturated rings. The Morgan fingerprint density at radius 2 is 2.44 bits per heavy atom. The Morgan fingerprint density at radius 1 is 1.56 bits per heavy atom. The average Bonchev–Trinajstić information content (AvgIpc) is 1.86. The van der Waals surface area contributed by atoms with Crippen LogP contribution in [0, 0.1) is 0 Å². The largest absolute Gasteiger partial charge is 0.320 e. The Labute approximate surface area is 54.0 Å². The first-order valence-corrected chi connectivity index (χ1v) is 3.45. The van der Waals surface area contributed by atoms with Gasteiger partial charge in [-0.05, 0) is 19.3 Å². The summed E-state index contributed by atoms with van der Waals surface area (Å²) in [6.45, 7) is 0.969. The number of fused-ring (bicyclic) bond motifs is 1. The molecule has 0 aromatic rings. The maximum Gasteiger partial charge on any atom is 0.320 e. The summed E-state index contributed by atoms with van der Waals surface area (Å²) in [5, 5.41) is 2.83. The summed E-state index contributed by atoms with van der Waals surface area (Å²) >= 11 is 0. The highest BCUT2D eigenvalue weighted by Gasteiger charge is 2.36. The minimum absolute atomic E-state index is 0.125. The van der Waals surface area contributed by atoms with E-state index in [9.17, 15) is 4.79 Å². The lowest BCUT2D eigenvalue weighted by Crippen LogP contribution is -2.66. The Balaban J connectivity index is 2.01. The summed E-state index contributed by atoms with van der Waals surface area (Å²) in [7, 11) is 0. The monoisotopic (exact) mass is 126 g/mol. The Kier molecular flexibility index (Phi) is 0.917. The second kappa shape index (κ2) is 1.62. The smallest absolute Gasteiger partial charge is 0.317 e. The van der Waals surface area contributed by atoms with Crippen LogP contribution in [0.3, 0.4) is 0 Å². The third kappa shape index (κ3) is 0.605. The molecule has 3 heteroatoms. The first kappa shape index (κ1) is 5.09. The predicted molar refractivity (Wildman–Crippen MR) is 32.9 cm³/mol. The number of rotatable bonds is 0. The van der Waals surface area contributed by atoms with E-state index in [-0.39, 0.29) is 6.03 Å². The topological polar surface area (TPSA) is 32.3 Å². The van der Waals surface area contributed by atoms with Gasteiger partial charge in [-0.25, -0.2) is 4.79 Å². The number of piperidine rings is 1. The van der Waals surface area contributed by atoms with Crippen LogP contribution in [0.2, 0.25) is 0 Å². The molecular formula is C6H10N2O. The first-order chi connectivity index (χ1) is 4.38. The molecule has 9 heavy (non-hydrogen) atoms. The zero-order valence-electron chi connectivity index (χ0n) is 5.26. The summed E-state index contributed by atoms with van der Waals surface area (Å²) in [6.07, 6.45) is 3.99. The molecule has 1 N–H and O–H groups in total. The zero-order valence-corrected chi connectivity index (χ0v) is 5.26. The highest BCUT2D eigenvalue weighted by Crippen LogP contribution is 2.20. The molecule has 0 aromatic heterocycles. The Morgan fingerprint density at radius 3 is 3.00 bits per heavy atom. The van der Waals surface area contributed by atoms with Crippen LogP contribution in [-0.4, -0.2) is 23.6 Å². The molecule has 3 nitrogen and oxygen atoms in total. The molecule has 0 saturated carbocycles. The highest BCUT2D eigenvalue weighted by molar-refractivity contribution is 5.80. The number of carbonyl (C=O) groups is 1.